The number of furan rings is 1. The number of aryl methyl sites for hydroxylation is 1. The maximum absolute atomic E-state index is 5.55. The zero-order valence-electron chi connectivity index (χ0n) is 9.51. The predicted octanol–water partition coefficient (Wildman–Crippen LogP) is 2.53. The summed E-state index contributed by atoms with van der Waals surface area (Å²) in [5.74, 6) is 1.73. The average molecular weight is 209 g/mol. The predicted molar refractivity (Wildman–Crippen MR) is 60.4 cm³/mol. The second-order valence-electron chi connectivity index (χ2n) is 3.76. The average Bonchev–Trinajstić information content (AvgIpc) is 2.53. The highest BCUT2D eigenvalue weighted by Crippen LogP contribution is 2.14. The Kier molecular flexibility index (Phi) is 4.59. The van der Waals surface area contributed by atoms with Crippen LogP contribution in [0.4, 0.5) is 0 Å². The van der Waals surface area contributed by atoms with Crippen LogP contribution in [-0.4, -0.2) is 6.61 Å². The van der Waals surface area contributed by atoms with Gasteiger partial charge >= 0.3 is 0 Å². The number of hydrogen-bond donors (Lipinski definition) is 1. The number of ether oxygens (including phenoxy) is 1. The fourth-order valence-corrected chi connectivity index (χ4v) is 1.28. The first-order chi connectivity index (χ1) is 7.13. The first-order valence-corrected chi connectivity index (χ1v) is 5.14. The van der Waals surface area contributed by atoms with Crippen LogP contribution in [0.2, 0.25) is 0 Å². The normalized spacial score (nSPS) is 10.6. The van der Waals surface area contributed by atoms with E-state index in [0.717, 1.165) is 29.1 Å². The minimum atomic E-state index is 0.508. The van der Waals surface area contributed by atoms with Crippen molar-refractivity contribution in [2.75, 3.05) is 6.61 Å². The van der Waals surface area contributed by atoms with Crippen LogP contribution in [-0.2, 0) is 17.9 Å². The number of hydrogen-bond acceptors (Lipinski definition) is 3. The molecule has 0 aliphatic carbocycles. The molecule has 0 atom stereocenters. The molecule has 0 spiro atoms. The quantitative estimate of drug-likeness (QED) is 0.578. The van der Waals surface area contributed by atoms with E-state index in [2.05, 4.69) is 6.58 Å². The van der Waals surface area contributed by atoms with Crippen molar-refractivity contribution in [1.29, 1.82) is 0 Å². The molecule has 0 aliphatic rings. The van der Waals surface area contributed by atoms with Crippen molar-refractivity contribution in [3.05, 3.63) is 35.3 Å². The smallest absolute Gasteiger partial charge is 0.130 e. The van der Waals surface area contributed by atoms with Gasteiger partial charge in [-0.25, -0.2) is 0 Å². The van der Waals surface area contributed by atoms with Crippen LogP contribution in [0.5, 0.6) is 0 Å². The lowest BCUT2D eigenvalue weighted by Crippen LogP contribution is -1.96. The van der Waals surface area contributed by atoms with Gasteiger partial charge in [0, 0.05) is 12.1 Å². The third-order valence-electron chi connectivity index (χ3n) is 2.21. The Morgan fingerprint density at radius 2 is 2.33 bits per heavy atom. The molecule has 1 heterocycles. The molecule has 1 rings (SSSR count). The van der Waals surface area contributed by atoms with Crippen molar-refractivity contribution in [2.24, 2.45) is 5.73 Å². The Balaban J connectivity index is 2.34. The minimum Gasteiger partial charge on any atom is -0.464 e. The van der Waals surface area contributed by atoms with E-state index in [1.54, 1.807) is 0 Å². The molecule has 0 unspecified atom stereocenters. The summed E-state index contributed by atoms with van der Waals surface area (Å²) in [6, 6.07) is 1.95. The maximum atomic E-state index is 5.55. The highest BCUT2D eigenvalue weighted by molar-refractivity contribution is 5.19. The van der Waals surface area contributed by atoms with E-state index in [1.807, 2.05) is 19.9 Å². The summed E-state index contributed by atoms with van der Waals surface area (Å²) in [5, 5.41) is 0. The van der Waals surface area contributed by atoms with E-state index in [1.165, 1.54) is 0 Å². The molecule has 0 saturated heterocycles. The van der Waals surface area contributed by atoms with Gasteiger partial charge in [-0.05, 0) is 26.3 Å². The van der Waals surface area contributed by atoms with Gasteiger partial charge < -0.3 is 14.9 Å². The van der Waals surface area contributed by atoms with Crippen molar-refractivity contribution in [3.63, 3.8) is 0 Å². The van der Waals surface area contributed by atoms with Crippen LogP contribution in [0.25, 0.3) is 0 Å². The van der Waals surface area contributed by atoms with Crippen molar-refractivity contribution < 1.29 is 9.15 Å². The van der Waals surface area contributed by atoms with Crippen LogP contribution < -0.4 is 5.73 Å². The van der Waals surface area contributed by atoms with Gasteiger partial charge in [-0.15, -0.1) is 6.58 Å². The number of nitrogens with two attached hydrogens (primary N) is 1. The van der Waals surface area contributed by atoms with Gasteiger partial charge in [-0.2, -0.15) is 0 Å². The molecule has 3 nitrogen and oxygen atoms in total. The SMILES string of the molecule is C=C(C)CCOCc1cc(CN)c(C)o1. The Labute approximate surface area is 90.9 Å². The fourth-order valence-electron chi connectivity index (χ4n) is 1.28. The summed E-state index contributed by atoms with van der Waals surface area (Å²) >= 11 is 0. The topological polar surface area (TPSA) is 48.4 Å². The molecule has 15 heavy (non-hydrogen) atoms. The van der Waals surface area contributed by atoms with Crippen molar-refractivity contribution in [2.45, 2.75) is 33.4 Å². The third-order valence-corrected chi connectivity index (χ3v) is 2.21. The molecule has 0 aromatic carbocycles. The van der Waals surface area contributed by atoms with E-state index in [-0.39, 0.29) is 0 Å². The second-order valence-corrected chi connectivity index (χ2v) is 3.76. The molecule has 0 bridgehead atoms. The molecule has 0 radical (unpaired) electrons. The van der Waals surface area contributed by atoms with E-state index < -0.39 is 0 Å². The van der Waals surface area contributed by atoms with E-state index in [4.69, 9.17) is 14.9 Å². The lowest BCUT2D eigenvalue weighted by atomic mass is 10.2. The summed E-state index contributed by atoms with van der Waals surface area (Å²) in [4.78, 5) is 0. The van der Waals surface area contributed by atoms with Gasteiger partial charge in [0.25, 0.3) is 0 Å². The third kappa shape index (κ3) is 3.90. The zero-order chi connectivity index (χ0) is 11.3. The zero-order valence-corrected chi connectivity index (χ0v) is 9.51. The molecule has 0 fully saturated rings. The largest absolute Gasteiger partial charge is 0.464 e. The van der Waals surface area contributed by atoms with Gasteiger partial charge in [-0.3, -0.25) is 0 Å². The first kappa shape index (κ1) is 12.0. The van der Waals surface area contributed by atoms with Crippen LogP contribution in [0.1, 0.15) is 30.4 Å². The van der Waals surface area contributed by atoms with Gasteiger partial charge in [0.2, 0.25) is 0 Å². The highest BCUT2D eigenvalue weighted by atomic mass is 16.5. The lowest BCUT2D eigenvalue weighted by molar-refractivity contribution is 0.108. The molecular weight excluding hydrogens is 190 g/mol. The van der Waals surface area contributed by atoms with Crippen LogP contribution >= 0.6 is 0 Å². The van der Waals surface area contributed by atoms with E-state index >= 15 is 0 Å². The molecule has 0 aliphatic heterocycles. The monoisotopic (exact) mass is 209 g/mol. The Morgan fingerprint density at radius 1 is 1.60 bits per heavy atom. The summed E-state index contributed by atoms with van der Waals surface area (Å²) in [6.45, 7) is 9.43. The summed E-state index contributed by atoms with van der Waals surface area (Å²) in [6.07, 6.45) is 0.892. The molecule has 2 N–H and O–H groups in total. The Bertz CT molecular complexity index is 328. The molecule has 0 saturated carbocycles. The van der Waals surface area contributed by atoms with Crippen molar-refractivity contribution in [3.8, 4) is 0 Å². The van der Waals surface area contributed by atoms with E-state index in [9.17, 15) is 0 Å². The Morgan fingerprint density at radius 3 is 2.87 bits per heavy atom. The van der Waals surface area contributed by atoms with Gasteiger partial charge in [-0.1, -0.05) is 5.57 Å². The van der Waals surface area contributed by atoms with Gasteiger partial charge in [0.15, 0.2) is 0 Å². The highest BCUT2D eigenvalue weighted by Gasteiger charge is 2.05. The van der Waals surface area contributed by atoms with Crippen LogP contribution in [0.3, 0.4) is 0 Å². The van der Waals surface area contributed by atoms with E-state index in [0.29, 0.717) is 19.8 Å². The summed E-state index contributed by atoms with van der Waals surface area (Å²) in [5.41, 5.74) is 7.73. The molecule has 1 aromatic heterocycles. The van der Waals surface area contributed by atoms with Gasteiger partial charge in [0.1, 0.15) is 18.1 Å². The summed E-state index contributed by atoms with van der Waals surface area (Å²) in [7, 11) is 0. The fraction of sp³-hybridized carbons (Fsp3) is 0.500. The summed E-state index contributed by atoms with van der Waals surface area (Å²) < 4.78 is 10.9. The molecule has 3 heteroatoms. The molecule has 0 amide bonds. The molecular formula is C12H19NO2. The van der Waals surface area contributed by atoms with Crippen LogP contribution in [0.15, 0.2) is 22.6 Å². The number of rotatable bonds is 6. The maximum Gasteiger partial charge on any atom is 0.130 e. The standard InChI is InChI=1S/C12H19NO2/c1-9(2)4-5-14-8-12-6-11(7-13)10(3)15-12/h6H,1,4-5,7-8,13H2,2-3H3. The van der Waals surface area contributed by atoms with Crippen molar-refractivity contribution in [1.82, 2.24) is 0 Å². The molecule has 84 valence electrons. The molecule has 1 aromatic rings. The minimum absolute atomic E-state index is 0.508. The first-order valence-electron chi connectivity index (χ1n) is 5.14. The van der Waals surface area contributed by atoms with Crippen LogP contribution in [0, 0.1) is 6.92 Å². The Hall–Kier alpha value is -1.06. The van der Waals surface area contributed by atoms with Gasteiger partial charge in [0.05, 0.1) is 6.61 Å². The second kappa shape index (κ2) is 5.73. The lowest BCUT2D eigenvalue weighted by Gasteiger charge is -2.00. The van der Waals surface area contributed by atoms with Crippen molar-refractivity contribution >= 4 is 0 Å².